The van der Waals surface area contributed by atoms with Crippen molar-refractivity contribution in [2.75, 3.05) is 4.90 Å². The number of hydrogen-bond donors (Lipinski definition) is 0. The Morgan fingerprint density at radius 1 is 0.480 bits per heavy atom. The molecule has 50 heavy (non-hydrogen) atoms. The lowest BCUT2D eigenvalue weighted by Gasteiger charge is -2.30. The summed E-state index contributed by atoms with van der Waals surface area (Å²) in [5.41, 5.74) is 7.78. The molecule has 0 aliphatic heterocycles. The van der Waals surface area contributed by atoms with E-state index in [1.165, 1.54) is 53.5 Å². The van der Waals surface area contributed by atoms with Gasteiger partial charge < -0.3 is 4.90 Å². The Labute approximate surface area is 308 Å². The highest BCUT2D eigenvalue weighted by Crippen LogP contribution is 2.50. The first kappa shape index (κ1) is 32.8. The first-order valence-corrected chi connectivity index (χ1v) is 18.8. The number of thiophene rings is 1. The molecule has 4 heteroatoms. The summed E-state index contributed by atoms with van der Waals surface area (Å²) in [4.78, 5) is 2.32. The van der Waals surface area contributed by atoms with Gasteiger partial charge in [0, 0.05) is 21.0 Å². The summed E-state index contributed by atoms with van der Waals surface area (Å²) in [5, 5.41) is 12.1. The van der Waals surface area contributed by atoms with Gasteiger partial charge in [0.1, 0.15) is 0 Å². The van der Waals surface area contributed by atoms with Crippen molar-refractivity contribution in [1.82, 2.24) is 0 Å². The number of hydrogen-bond acceptors (Lipinski definition) is 2. The van der Waals surface area contributed by atoms with E-state index in [2.05, 4.69) is 161 Å². The Morgan fingerprint density at radius 3 is 1.70 bits per heavy atom. The second-order valence-electron chi connectivity index (χ2n) is 15.3. The third kappa shape index (κ3) is 5.55. The van der Waals surface area contributed by atoms with E-state index in [0.29, 0.717) is 10.0 Å². The molecule has 0 fully saturated rings. The average molecular weight is 709 g/mol. The second kappa shape index (κ2) is 12.2. The normalized spacial score (nSPS) is 12.4. The molecule has 0 aliphatic carbocycles. The van der Waals surface area contributed by atoms with Gasteiger partial charge in [-0.3, -0.25) is 0 Å². The molecule has 0 aliphatic rings. The van der Waals surface area contributed by atoms with Gasteiger partial charge in [0.2, 0.25) is 0 Å². The smallest absolute Gasteiger partial charge is 0.0832 e. The third-order valence-electron chi connectivity index (χ3n) is 9.99. The lowest BCUT2D eigenvalue weighted by atomic mass is 9.84. The van der Waals surface area contributed by atoms with Gasteiger partial charge in [-0.2, -0.15) is 0 Å². The van der Waals surface area contributed by atoms with E-state index < -0.39 is 0 Å². The summed E-state index contributed by atoms with van der Waals surface area (Å²) >= 11 is 15.7. The van der Waals surface area contributed by atoms with Crippen LogP contribution < -0.4 is 4.90 Å². The number of rotatable bonds is 4. The monoisotopic (exact) mass is 707 g/mol. The van der Waals surface area contributed by atoms with Crippen molar-refractivity contribution < 1.29 is 0 Å². The van der Waals surface area contributed by atoms with Crippen molar-refractivity contribution >= 4 is 94.0 Å². The molecule has 1 heterocycles. The highest BCUT2D eigenvalue weighted by molar-refractivity contribution is 7.17. The molecule has 1 aromatic heterocycles. The fourth-order valence-electron chi connectivity index (χ4n) is 7.21. The Hall–Kier alpha value is -4.34. The minimum atomic E-state index is -0.0533. The van der Waals surface area contributed by atoms with Gasteiger partial charge in [-0.25, -0.2) is 0 Å². The van der Waals surface area contributed by atoms with Gasteiger partial charge in [0.25, 0.3) is 0 Å². The van der Waals surface area contributed by atoms with Gasteiger partial charge in [-0.05, 0) is 102 Å². The topological polar surface area (TPSA) is 3.24 Å². The van der Waals surface area contributed by atoms with Crippen LogP contribution in [0, 0.1) is 0 Å². The number of anilines is 3. The zero-order chi connectivity index (χ0) is 34.9. The van der Waals surface area contributed by atoms with Crippen LogP contribution in [0.25, 0.3) is 53.5 Å². The zero-order valence-electron chi connectivity index (χ0n) is 29.2. The first-order chi connectivity index (χ1) is 23.9. The molecular formula is C46H39Cl2NS. The van der Waals surface area contributed by atoms with Gasteiger partial charge in [-0.1, -0.05) is 144 Å². The van der Waals surface area contributed by atoms with Crippen LogP contribution in [-0.4, -0.2) is 0 Å². The van der Waals surface area contributed by atoms with E-state index in [9.17, 15) is 0 Å². The van der Waals surface area contributed by atoms with Crippen LogP contribution in [0.2, 0.25) is 10.0 Å². The molecule has 0 bridgehead atoms. The second-order valence-corrected chi connectivity index (χ2v) is 17.0. The predicted octanol–water partition coefficient (Wildman–Crippen LogP) is 15.4. The predicted molar refractivity (Wildman–Crippen MR) is 222 cm³/mol. The Morgan fingerprint density at radius 2 is 1.06 bits per heavy atom. The van der Waals surface area contributed by atoms with Crippen LogP contribution in [0.4, 0.5) is 17.1 Å². The lowest BCUT2D eigenvalue weighted by molar-refractivity contribution is 0.590. The van der Waals surface area contributed by atoms with E-state index in [4.69, 9.17) is 23.2 Å². The maximum absolute atomic E-state index is 7.14. The van der Waals surface area contributed by atoms with E-state index in [1.807, 2.05) is 12.1 Å². The van der Waals surface area contributed by atoms with E-state index in [1.54, 1.807) is 11.3 Å². The molecule has 8 rings (SSSR count). The van der Waals surface area contributed by atoms with Crippen LogP contribution in [0.5, 0.6) is 0 Å². The molecule has 8 aromatic rings. The van der Waals surface area contributed by atoms with Crippen LogP contribution >= 0.6 is 34.5 Å². The van der Waals surface area contributed by atoms with Crippen molar-refractivity contribution in [3.05, 3.63) is 148 Å². The third-order valence-corrected chi connectivity index (χ3v) is 11.8. The summed E-state index contributed by atoms with van der Waals surface area (Å²) in [7, 11) is 0. The molecule has 7 aromatic carbocycles. The molecule has 0 saturated carbocycles. The largest absolute Gasteiger partial charge is 0.307 e. The summed E-state index contributed by atoms with van der Waals surface area (Å²) < 4.78 is 1.23. The highest BCUT2D eigenvalue weighted by atomic mass is 35.5. The molecule has 0 saturated heterocycles. The molecule has 0 N–H and O–H groups in total. The lowest BCUT2D eigenvalue weighted by Crippen LogP contribution is -2.15. The van der Waals surface area contributed by atoms with Gasteiger partial charge in [0.15, 0.2) is 0 Å². The SMILES string of the molecule is CC(C)(C)c1ccc(N(c2cccc(Cl)c2Cl)c2csc3ccc(C(C)(C)C)cc23)c(-c2ccc3c4ccccc4c4ccccc4c3c2)c1. The number of halogens is 2. The first-order valence-electron chi connectivity index (χ1n) is 17.1. The molecule has 0 spiro atoms. The number of fused-ring (bicyclic) bond motifs is 7. The zero-order valence-corrected chi connectivity index (χ0v) is 31.6. The molecule has 1 nitrogen and oxygen atoms in total. The molecule has 248 valence electrons. The quantitative estimate of drug-likeness (QED) is 0.165. The van der Waals surface area contributed by atoms with Crippen molar-refractivity contribution in [1.29, 1.82) is 0 Å². The van der Waals surface area contributed by atoms with Crippen LogP contribution in [0.3, 0.4) is 0 Å². The van der Waals surface area contributed by atoms with Gasteiger partial charge >= 0.3 is 0 Å². The highest BCUT2D eigenvalue weighted by Gasteiger charge is 2.26. The fraction of sp³-hybridized carbons (Fsp3) is 0.174. The summed E-state index contributed by atoms with van der Waals surface area (Å²) in [6.07, 6.45) is 0. The van der Waals surface area contributed by atoms with Crippen molar-refractivity contribution in [3.8, 4) is 11.1 Å². The van der Waals surface area contributed by atoms with E-state index in [-0.39, 0.29) is 10.8 Å². The van der Waals surface area contributed by atoms with Gasteiger partial charge in [-0.15, -0.1) is 11.3 Å². The molecule has 0 unspecified atom stereocenters. The maximum atomic E-state index is 7.14. The van der Waals surface area contributed by atoms with E-state index in [0.717, 1.165) is 28.2 Å². The van der Waals surface area contributed by atoms with Crippen molar-refractivity contribution in [2.45, 2.75) is 52.4 Å². The van der Waals surface area contributed by atoms with Crippen LogP contribution in [0.1, 0.15) is 52.7 Å². The molecule has 0 radical (unpaired) electrons. The van der Waals surface area contributed by atoms with Crippen molar-refractivity contribution in [3.63, 3.8) is 0 Å². The van der Waals surface area contributed by atoms with Crippen molar-refractivity contribution in [2.24, 2.45) is 0 Å². The number of benzene rings is 7. The summed E-state index contributed by atoms with van der Waals surface area (Å²) in [5.74, 6) is 0. The van der Waals surface area contributed by atoms with Crippen LogP contribution in [0.15, 0.2) is 127 Å². The van der Waals surface area contributed by atoms with E-state index >= 15 is 0 Å². The minimum Gasteiger partial charge on any atom is -0.307 e. The Bertz CT molecular complexity index is 2560. The summed E-state index contributed by atoms with van der Waals surface area (Å²) in [6.45, 7) is 13.6. The van der Waals surface area contributed by atoms with Gasteiger partial charge in [0.05, 0.1) is 27.1 Å². The Kier molecular flexibility index (Phi) is 7.99. The Balaban J connectivity index is 1.46. The van der Waals surface area contributed by atoms with Crippen LogP contribution in [-0.2, 0) is 10.8 Å². The standard InChI is InChI=1S/C46H39Cl2NS/c1-45(2,3)29-19-22-40(36(25-29)28-18-21-35-33-14-8-7-12-31(33)32-13-9-10-15-34(32)37(35)24-28)49(41-17-11-16-39(47)44(41)48)42-27-50-43-23-20-30(26-38(42)43)46(4,5)6/h7-27H,1-6H3. The number of nitrogens with zero attached hydrogens (tertiary/aromatic N) is 1. The maximum Gasteiger partial charge on any atom is 0.0832 e. The molecule has 0 amide bonds. The average Bonchev–Trinajstić information content (AvgIpc) is 3.52. The fourth-order valence-corrected chi connectivity index (χ4v) is 8.50. The minimum absolute atomic E-state index is 0.00346. The molecule has 0 atom stereocenters. The summed E-state index contributed by atoms with van der Waals surface area (Å²) in [6, 6.07) is 44.2. The molecular weight excluding hydrogens is 669 g/mol.